The van der Waals surface area contributed by atoms with Crippen molar-refractivity contribution < 1.29 is 10.0 Å². The normalized spacial score (nSPS) is 11.2. The molecule has 0 aliphatic carbocycles. The molecule has 0 saturated carbocycles. The first-order valence-electron chi connectivity index (χ1n) is 7.19. The topological polar surface area (TPSA) is 56.2 Å². The minimum Gasteiger partial charge on any atom is -0.423 e. The van der Waals surface area contributed by atoms with Crippen LogP contribution in [0.2, 0.25) is 0 Å². The maximum atomic E-state index is 9.17. The SMILES string of the molecule is OB(O)c1ccc(-c2ccc3[nH]c4ccccc4c3c2)cc1. The van der Waals surface area contributed by atoms with Crippen molar-refractivity contribution in [2.45, 2.75) is 0 Å². The summed E-state index contributed by atoms with van der Waals surface area (Å²) in [6.45, 7) is 0. The molecule has 0 saturated heterocycles. The predicted octanol–water partition coefficient (Wildman–Crippen LogP) is 2.67. The molecule has 3 N–H and O–H groups in total. The van der Waals surface area contributed by atoms with Crippen LogP contribution in [0.3, 0.4) is 0 Å². The molecule has 4 aromatic rings. The highest BCUT2D eigenvalue weighted by Gasteiger charge is 2.11. The zero-order valence-corrected chi connectivity index (χ0v) is 11.8. The Hall–Kier alpha value is -2.56. The van der Waals surface area contributed by atoms with Crippen LogP contribution in [-0.2, 0) is 0 Å². The molecular weight excluding hydrogens is 273 g/mol. The minimum atomic E-state index is -1.43. The van der Waals surface area contributed by atoms with Crippen LogP contribution < -0.4 is 5.46 Å². The van der Waals surface area contributed by atoms with Crippen LogP contribution in [0.1, 0.15) is 0 Å². The first-order valence-corrected chi connectivity index (χ1v) is 7.19. The molecule has 4 rings (SSSR count). The Morgan fingerprint density at radius 3 is 2.14 bits per heavy atom. The van der Waals surface area contributed by atoms with Gasteiger partial charge in [-0.15, -0.1) is 0 Å². The summed E-state index contributed by atoms with van der Waals surface area (Å²) in [4.78, 5) is 3.41. The van der Waals surface area contributed by atoms with Gasteiger partial charge in [0.05, 0.1) is 0 Å². The molecule has 0 aliphatic heterocycles. The summed E-state index contributed by atoms with van der Waals surface area (Å²) in [7, 11) is -1.43. The average Bonchev–Trinajstić information content (AvgIpc) is 2.92. The number of nitrogens with one attached hydrogen (secondary N) is 1. The molecule has 0 bridgehead atoms. The Morgan fingerprint density at radius 1 is 0.682 bits per heavy atom. The van der Waals surface area contributed by atoms with E-state index in [1.807, 2.05) is 24.3 Å². The van der Waals surface area contributed by atoms with E-state index >= 15 is 0 Å². The van der Waals surface area contributed by atoms with Gasteiger partial charge in [-0.1, -0.05) is 48.5 Å². The molecule has 0 fully saturated rings. The minimum absolute atomic E-state index is 0.497. The fourth-order valence-corrected chi connectivity index (χ4v) is 2.88. The van der Waals surface area contributed by atoms with Crippen LogP contribution in [0.25, 0.3) is 32.9 Å². The van der Waals surface area contributed by atoms with Gasteiger partial charge in [-0.2, -0.15) is 0 Å². The summed E-state index contributed by atoms with van der Waals surface area (Å²) < 4.78 is 0. The number of benzene rings is 3. The number of fused-ring (bicyclic) bond motifs is 3. The largest absolute Gasteiger partial charge is 0.488 e. The highest BCUT2D eigenvalue weighted by Crippen LogP contribution is 2.29. The summed E-state index contributed by atoms with van der Waals surface area (Å²) in [5.74, 6) is 0. The van der Waals surface area contributed by atoms with E-state index in [0.29, 0.717) is 5.46 Å². The molecule has 1 aromatic heterocycles. The molecule has 0 radical (unpaired) electrons. The first kappa shape index (κ1) is 13.1. The number of aromatic nitrogens is 1. The fourth-order valence-electron chi connectivity index (χ4n) is 2.88. The second-order valence-corrected chi connectivity index (χ2v) is 5.43. The summed E-state index contributed by atoms with van der Waals surface area (Å²) in [5, 5.41) is 20.7. The Morgan fingerprint density at radius 2 is 1.36 bits per heavy atom. The lowest BCUT2D eigenvalue weighted by atomic mass is 9.80. The second kappa shape index (κ2) is 5.02. The number of para-hydroxylation sites is 1. The van der Waals surface area contributed by atoms with Crippen LogP contribution >= 0.6 is 0 Å². The van der Waals surface area contributed by atoms with Crippen molar-refractivity contribution >= 4 is 34.4 Å². The molecule has 3 nitrogen and oxygen atoms in total. The highest BCUT2D eigenvalue weighted by atomic mass is 16.4. The van der Waals surface area contributed by atoms with E-state index in [1.54, 1.807) is 12.1 Å². The van der Waals surface area contributed by atoms with E-state index in [9.17, 15) is 0 Å². The molecule has 0 aliphatic rings. The molecule has 22 heavy (non-hydrogen) atoms. The zero-order chi connectivity index (χ0) is 15.1. The number of H-pyrrole nitrogens is 1. The van der Waals surface area contributed by atoms with Gasteiger partial charge >= 0.3 is 7.12 Å². The predicted molar refractivity (Wildman–Crippen MR) is 91.1 cm³/mol. The number of rotatable bonds is 2. The van der Waals surface area contributed by atoms with Gasteiger partial charge < -0.3 is 15.0 Å². The van der Waals surface area contributed by atoms with Crippen LogP contribution in [0, 0.1) is 0 Å². The summed E-state index contributed by atoms with van der Waals surface area (Å²) in [6, 6.07) is 21.9. The van der Waals surface area contributed by atoms with E-state index in [4.69, 9.17) is 10.0 Å². The lowest BCUT2D eigenvalue weighted by molar-refractivity contribution is 0.426. The van der Waals surface area contributed by atoms with Crippen molar-refractivity contribution in [1.29, 1.82) is 0 Å². The molecule has 0 unspecified atom stereocenters. The van der Waals surface area contributed by atoms with Gasteiger partial charge in [0.25, 0.3) is 0 Å². The third-order valence-electron chi connectivity index (χ3n) is 4.05. The Kier molecular flexibility index (Phi) is 3.00. The van der Waals surface area contributed by atoms with Crippen molar-refractivity contribution in [1.82, 2.24) is 4.98 Å². The third-order valence-corrected chi connectivity index (χ3v) is 4.05. The zero-order valence-electron chi connectivity index (χ0n) is 11.8. The standard InChI is InChI=1S/C18H14BNO2/c21-19(22)14-8-5-12(6-9-14)13-7-10-18-16(11-13)15-3-1-2-4-17(15)20-18/h1-11,20-22H. The molecule has 3 aromatic carbocycles. The molecule has 0 atom stereocenters. The number of hydrogen-bond acceptors (Lipinski definition) is 2. The lowest BCUT2D eigenvalue weighted by Gasteiger charge is -2.04. The lowest BCUT2D eigenvalue weighted by Crippen LogP contribution is -2.29. The molecule has 106 valence electrons. The molecule has 0 spiro atoms. The quantitative estimate of drug-likeness (QED) is 0.496. The van der Waals surface area contributed by atoms with Gasteiger partial charge in [-0.25, -0.2) is 0 Å². The van der Waals surface area contributed by atoms with E-state index in [0.717, 1.165) is 22.2 Å². The average molecular weight is 287 g/mol. The first-order chi connectivity index (χ1) is 10.7. The van der Waals surface area contributed by atoms with Crippen molar-refractivity contribution in [3.63, 3.8) is 0 Å². The van der Waals surface area contributed by atoms with E-state index in [1.165, 1.54) is 10.8 Å². The number of aromatic amines is 1. The van der Waals surface area contributed by atoms with Crippen molar-refractivity contribution in [3.8, 4) is 11.1 Å². The van der Waals surface area contributed by atoms with Gasteiger partial charge in [0.2, 0.25) is 0 Å². The van der Waals surface area contributed by atoms with Crippen LogP contribution in [0.15, 0.2) is 66.7 Å². The summed E-state index contributed by atoms with van der Waals surface area (Å²) >= 11 is 0. The Balaban J connectivity index is 1.86. The van der Waals surface area contributed by atoms with Gasteiger partial charge in [0.15, 0.2) is 0 Å². The van der Waals surface area contributed by atoms with Crippen molar-refractivity contribution in [2.24, 2.45) is 0 Å². The second-order valence-electron chi connectivity index (χ2n) is 5.43. The Bertz CT molecular complexity index is 958. The van der Waals surface area contributed by atoms with Crippen molar-refractivity contribution in [2.75, 3.05) is 0 Å². The number of hydrogen-bond donors (Lipinski definition) is 3. The van der Waals surface area contributed by atoms with E-state index < -0.39 is 7.12 Å². The van der Waals surface area contributed by atoms with Gasteiger partial charge in [-0.3, -0.25) is 0 Å². The van der Waals surface area contributed by atoms with E-state index in [-0.39, 0.29) is 0 Å². The van der Waals surface area contributed by atoms with Gasteiger partial charge in [0, 0.05) is 21.8 Å². The maximum Gasteiger partial charge on any atom is 0.488 e. The smallest absolute Gasteiger partial charge is 0.423 e. The fraction of sp³-hybridized carbons (Fsp3) is 0. The van der Waals surface area contributed by atoms with Gasteiger partial charge in [0.1, 0.15) is 0 Å². The van der Waals surface area contributed by atoms with Crippen LogP contribution in [0.4, 0.5) is 0 Å². The maximum absolute atomic E-state index is 9.17. The molecular formula is C18H14BNO2. The summed E-state index contributed by atoms with van der Waals surface area (Å²) in [5.41, 5.74) is 4.91. The van der Waals surface area contributed by atoms with Crippen LogP contribution in [0.5, 0.6) is 0 Å². The Labute approximate surface area is 128 Å². The van der Waals surface area contributed by atoms with Gasteiger partial charge in [-0.05, 0) is 34.8 Å². The third kappa shape index (κ3) is 2.10. The molecule has 0 amide bonds. The monoisotopic (exact) mass is 287 g/mol. The van der Waals surface area contributed by atoms with E-state index in [2.05, 4.69) is 35.3 Å². The van der Waals surface area contributed by atoms with Crippen LogP contribution in [-0.4, -0.2) is 22.2 Å². The highest BCUT2D eigenvalue weighted by molar-refractivity contribution is 6.58. The summed E-state index contributed by atoms with van der Waals surface area (Å²) in [6.07, 6.45) is 0. The molecule has 1 heterocycles. The molecule has 4 heteroatoms. The van der Waals surface area contributed by atoms with Crippen molar-refractivity contribution in [3.05, 3.63) is 66.7 Å².